The summed E-state index contributed by atoms with van der Waals surface area (Å²) in [6.07, 6.45) is 20.9. The number of allylic oxidation sites excluding steroid dienone is 8. The second-order valence-electron chi connectivity index (χ2n) is 5.51. The number of hydrogen-bond acceptors (Lipinski definition) is 1. The molecule has 0 atom stereocenters. The molecule has 0 unspecified atom stereocenters. The van der Waals surface area contributed by atoms with Crippen molar-refractivity contribution < 1.29 is 0 Å². The number of rotatable bonds is 3. The van der Waals surface area contributed by atoms with Gasteiger partial charge in [-0.05, 0) is 19.9 Å². The summed E-state index contributed by atoms with van der Waals surface area (Å²) in [7, 11) is 0. The lowest BCUT2D eigenvalue weighted by atomic mass is 9.93. The van der Waals surface area contributed by atoms with Crippen LogP contribution in [-0.2, 0) is 0 Å². The second-order valence-corrected chi connectivity index (χ2v) is 5.51. The minimum absolute atomic E-state index is 0.0772. The van der Waals surface area contributed by atoms with E-state index in [1.54, 1.807) is 0 Å². The minimum Gasteiger partial charge on any atom is -0.307 e. The van der Waals surface area contributed by atoms with Gasteiger partial charge in [-0.15, -0.1) is 0 Å². The molecule has 2 heterocycles. The molecule has 0 fully saturated rings. The summed E-state index contributed by atoms with van der Waals surface area (Å²) in [5.41, 5.74) is 2.19. The van der Waals surface area contributed by atoms with Crippen molar-refractivity contribution in [3.8, 4) is 0 Å². The van der Waals surface area contributed by atoms with Crippen LogP contribution in [0.25, 0.3) is 17.8 Å². The van der Waals surface area contributed by atoms with Gasteiger partial charge in [0.05, 0.1) is 5.69 Å². The van der Waals surface area contributed by atoms with Crippen molar-refractivity contribution in [2.45, 2.75) is 27.7 Å². The van der Waals surface area contributed by atoms with Gasteiger partial charge < -0.3 is 4.57 Å². The second kappa shape index (κ2) is 5.91. The van der Waals surface area contributed by atoms with Gasteiger partial charge in [0.1, 0.15) is 5.82 Å². The molecule has 2 nitrogen and oxygen atoms in total. The molecule has 0 amide bonds. The monoisotopic (exact) mass is 266 g/mol. The molecule has 0 saturated carbocycles. The van der Waals surface area contributed by atoms with Crippen molar-refractivity contribution in [2.24, 2.45) is 5.41 Å². The quantitative estimate of drug-likeness (QED) is 0.708. The van der Waals surface area contributed by atoms with E-state index in [0.717, 1.165) is 17.1 Å². The number of nitrogens with zero attached hydrogens (tertiary/aromatic N) is 2. The van der Waals surface area contributed by atoms with E-state index >= 15 is 0 Å². The summed E-state index contributed by atoms with van der Waals surface area (Å²) in [6, 6.07) is 0. The first kappa shape index (κ1) is 14.3. The molecule has 0 aromatic carbocycles. The van der Waals surface area contributed by atoms with Crippen molar-refractivity contribution in [3.05, 3.63) is 60.2 Å². The Morgan fingerprint density at radius 1 is 1.20 bits per heavy atom. The number of fused-ring (bicyclic) bond motifs is 1. The van der Waals surface area contributed by atoms with Gasteiger partial charge in [0.15, 0.2) is 0 Å². The molecule has 0 N–H and O–H groups in total. The first-order valence-electron chi connectivity index (χ1n) is 6.99. The van der Waals surface area contributed by atoms with Gasteiger partial charge in [-0.3, -0.25) is 0 Å². The SMILES string of the molecule is C\C=C/C(=C\C=C\C)c1cn2c(n1)C=CC(C)(C)C=C2. The molecule has 104 valence electrons. The van der Waals surface area contributed by atoms with Crippen LogP contribution in [0.5, 0.6) is 0 Å². The molecule has 20 heavy (non-hydrogen) atoms. The van der Waals surface area contributed by atoms with Crippen LogP contribution >= 0.6 is 0 Å². The molecule has 0 saturated heterocycles. The summed E-state index contributed by atoms with van der Waals surface area (Å²) in [5, 5.41) is 0. The lowest BCUT2D eigenvalue weighted by Crippen LogP contribution is -2.00. The van der Waals surface area contributed by atoms with Crippen LogP contribution in [0, 0.1) is 5.41 Å². The third-order valence-corrected chi connectivity index (χ3v) is 3.20. The summed E-state index contributed by atoms with van der Waals surface area (Å²) in [5.74, 6) is 0.970. The Morgan fingerprint density at radius 2 is 2.00 bits per heavy atom. The third kappa shape index (κ3) is 3.27. The van der Waals surface area contributed by atoms with Crippen molar-refractivity contribution in [3.63, 3.8) is 0 Å². The van der Waals surface area contributed by atoms with Gasteiger partial charge in [-0.1, -0.05) is 56.4 Å². The third-order valence-electron chi connectivity index (χ3n) is 3.20. The van der Waals surface area contributed by atoms with Gasteiger partial charge >= 0.3 is 0 Å². The van der Waals surface area contributed by atoms with E-state index in [1.165, 1.54) is 0 Å². The Hall–Kier alpha value is -2.09. The molecule has 2 rings (SSSR count). The first-order chi connectivity index (χ1) is 9.55. The fraction of sp³-hybridized carbons (Fsp3) is 0.278. The Balaban J connectivity index is 2.42. The van der Waals surface area contributed by atoms with Crippen LogP contribution in [0.2, 0.25) is 0 Å². The van der Waals surface area contributed by atoms with Crippen LogP contribution in [0.4, 0.5) is 0 Å². The molecule has 0 radical (unpaired) electrons. The molecule has 2 heteroatoms. The highest BCUT2D eigenvalue weighted by Crippen LogP contribution is 2.26. The van der Waals surface area contributed by atoms with E-state index < -0.39 is 0 Å². The molecule has 0 bridgehead atoms. The van der Waals surface area contributed by atoms with Gasteiger partial charge in [0.2, 0.25) is 0 Å². The Morgan fingerprint density at radius 3 is 2.70 bits per heavy atom. The Bertz CT molecular complexity index is 586. The van der Waals surface area contributed by atoms with E-state index in [-0.39, 0.29) is 5.41 Å². The molecule has 1 aliphatic rings. The number of aromatic nitrogens is 2. The van der Waals surface area contributed by atoms with Gasteiger partial charge in [0, 0.05) is 23.4 Å². The summed E-state index contributed by atoms with van der Waals surface area (Å²) >= 11 is 0. The highest BCUT2D eigenvalue weighted by Gasteiger charge is 2.14. The van der Waals surface area contributed by atoms with Gasteiger partial charge in [0.25, 0.3) is 0 Å². The normalized spacial score (nSPS) is 17.9. The number of imidazole rings is 1. The molecule has 0 spiro atoms. The van der Waals surface area contributed by atoms with Crippen LogP contribution < -0.4 is 0 Å². The first-order valence-corrected chi connectivity index (χ1v) is 6.99. The average Bonchev–Trinajstić information content (AvgIpc) is 2.76. The molecule has 0 aliphatic carbocycles. The van der Waals surface area contributed by atoms with Crippen molar-refractivity contribution >= 4 is 17.8 Å². The zero-order valence-corrected chi connectivity index (χ0v) is 12.7. The van der Waals surface area contributed by atoms with E-state index in [9.17, 15) is 0 Å². The van der Waals surface area contributed by atoms with Crippen LogP contribution in [0.15, 0.2) is 48.7 Å². The Kier molecular flexibility index (Phi) is 4.23. The zero-order chi connectivity index (χ0) is 14.6. The van der Waals surface area contributed by atoms with Crippen LogP contribution in [-0.4, -0.2) is 9.55 Å². The van der Waals surface area contributed by atoms with E-state index in [0.29, 0.717) is 0 Å². The van der Waals surface area contributed by atoms with E-state index in [2.05, 4.69) is 61.2 Å². The van der Waals surface area contributed by atoms with Crippen molar-refractivity contribution in [1.82, 2.24) is 9.55 Å². The van der Waals surface area contributed by atoms with Gasteiger partial charge in [-0.25, -0.2) is 4.98 Å². The minimum atomic E-state index is 0.0772. The maximum absolute atomic E-state index is 4.72. The standard InChI is InChI=1S/C18H22N2/c1-5-7-9-15(8-6-2)16-14-20-13-12-18(3,4)11-10-17(20)19-16/h5-14H,1-4H3/b7-5+,8-6-,15-9+. The highest BCUT2D eigenvalue weighted by molar-refractivity contribution is 5.74. The lowest BCUT2D eigenvalue weighted by Gasteiger charge is -2.11. The van der Waals surface area contributed by atoms with Crippen LogP contribution in [0.3, 0.4) is 0 Å². The topological polar surface area (TPSA) is 17.8 Å². The lowest BCUT2D eigenvalue weighted by molar-refractivity contribution is 0.632. The average molecular weight is 266 g/mol. The molecule has 1 aliphatic heterocycles. The van der Waals surface area contributed by atoms with Crippen LogP contribution in [0.1, 0.15) is 39.2 Å². The predicted octanol–water partition coefficient (Wildman–Crippen LogP) is 4.94. The molecular weight excluding hydrogens is 244 g/mol. The van der Waals surface area contributed by atoms with E-state index in [4.69, 9.17) is 4.98 Å². The molecule has 1 aromatic rings. The fourth-order valence-corrected chi connectivity index (χ4v) is 2.01. The fourth-order valence-electron chi connectivity index (χ4n) is 2.01. The highest BCUT2D eigenvalue weighted by atomic mass is 15.1. The Labute approximate surface area is 121 Å². The maximum Gasteiger partial charge on any atom is 0.137 e. The smallest absolute Gasteiger partial charge is 0.137 e. The van der Waals surface area contributed by atoms with Gasteiger partial charge in [-0.2, -0.15) is 0 Å². The molecular formula is C18H22N2. The largest absolute Gasteiger partial charge is 0.307 e. The molecule has 1 aromatic heterocycles. The van der Waals surface area contributed by atoms with E-state index in [1.807, 2.05) is 32.1 Å². The van der Waals surface area contributed by atoms with Crippen molar-refractivity contribution in [2.75, 3.05) is 0 Å². The number of hydrogen-bond donors (Lipinski definition) is 0. The van der Waals surface area contributed by atoms with Crippen molar-refractivity contribution in [1.29, 1.82) is 0 Å². The summed E-state index contributed by atoms with van der Waals surface area (Å²) < 4.78 is 2.08. The summed E-state index contributed by atoms with van der Waals surface area (Å²) in [6.45, 7) is 8.40. The summed E-state index contributed by atoms with van der Waals surface area (Å²) in [4.78, 5) is 4.72. The predicted molar refractivity (Wildman–Crippen MR) is 88.0 cm³/mol. The maximum atomic E-state index is 4.72. The zero-order valence-electron chi connectivity index (χ0n) is 12.7.